The summed E-state index contributed by atoms with van der Waals surface area (Å²) >= 11 is 6.07. The molecule has 0 aromatic heterocycles. The summed E-state index contributed by atoms with van der Waals surface area (Å²) in [5, 5.41) is 4.54. The maximum absolute atomic E-state index is 6.07. The van der Waals surface area contributed by atoms with E-state index in [1.807, 2.05) is 6.07 Å². The molecule has 0 saturated carbocycles. The van der Waals surface area contributed by atoms with Crippen LogP contribution in [0.15, 0.2) is 36.4 Å². The molecule has 2 aliphatic rings. The van der Waals surface area contributed by atoms with Crippen molar-refractivity contribution in [2.75, 3.05) is 5.32 Å². The van der Waals surface area contributed by atoms with Crippen molar-refractivity contribution in [3.05, 3.63) is 63.7 Å². The fourth-order valence-corrected chi connectivity index (χ4v) is 3.78. The number of fused-ring (bicyclic) bond motifs is 2. The SMILES string of the molecule is Clc1ccc2c(c1)CC(Nc1ccc3c(c1)CCC3)C2. The van der Waals surface area contributed by atoms with Gasteiger partial charge in [-0.3, -0.25) is 0 Å². The molecule has 2 heteroatoms. The molecule has 0 aliphatic heterocycles. The van der Waals surface area contributed by atoms with Gasteiger partial charge >= 0.3 is 0 Å². The fraction of sp³-hybridized carbons (Fsp3) is 0.333. The van der Waals surface area contributed by atoms with Crippen LogP contribution in [0.1, 0.15) is 28.7 Å². The Kier molecular flexibility index (Phi) is 2.96. The molecule has 0 radical (unpaired) electrons. The lowest BCUT2D eigenvalue weighted by atomic mass is 10.1. The summed E-state index contributed by atoms with van der Waals surface area (Å²) in [4.78, 5) is 0. The molecule has 2 aromatic carbocycles. The third-order valence-electron chi connectivity index (χ3n) is 4.57. The minimum atomic E-state index is 0.503. The Hall–Kier alpha value is -1.47. The summed E-state index contributed by atoms with van der Waals surface area (Å²) in [7, 11) is 0. The second-order valence-electron chi connectivity index (χ2n) is 6.00. The van der Waals surface area contributed by atoms with Crippen LogP contribution >= 0.6 is 11.6 Å². The number of anilines is 1. The molecule has 1 N–H and O–H groups in total. The van der Waals surface area contributed by atoms with Crippen LogP contribution in [0.25, 0.3) is 0 Å². The van der Waals surface area contributed by atoms with Crippen LogP contribution in [-0.4, -0.2) is 6.04 Å². The van der Waals surface area contributed by atoms with Gasteiger partial charge in [-0.05, 0) is 78.6 Å². The molecule has 0 saturated heterocycles. The first-order valence-electron chi connectivity index (χ1n) is 7.43. The smallest absolute Gasteiger partial charge is 0.0408 e. The summed E-state index contributed by atoms with van der Waals surface area (Å²) in [6.45, 7) is 0. The molecule has 0 heterocycles. The Morgan fingerprint density at radius 2 is 1.65 bits per heavy atom. The Morgan fingerprint density at radius 3 is 2.60 bits per heavy atom. The molecule has 0 fully saturated rings. The Balaban J connectivity index is 1.51. The molecule has 4 rings (SSSR count). The maximum Gasteiger partial charge on any atom is 0.0408 e. The molecule has 1 unspecified atom stereocenters. The van der Waals surface area contributed by atoms with E-state index in [0.29, 0.717) is 6.04 Å². The highest BCUT2D eigenvalue weighted by Gasteiger charge is 2.21. The zero-order valence-corrected chi connectivity index (χ0v) is 12.2. The number of hydrogen-bond donors (Lipinski definition) is 1. The summed E-state index contributed by atoms with van der Waals surface area (Å²) in [5.74, 6) is 0. The van der Waals surface area contributed by atoms with Crippen molar-refractivity contribution >= 4 is 17.3 Å². The third-order valence-corrected chi connectivity index (χ3v) is 4.81. The van der Waals surface area contributed by atoms with Crippen molar-refractivity contribution in [3.8, 4) is 0 Å². The first kappa shape index (κ1) is 12.3. The van der Waals surface area contributed by atoms with Crippen LogP contribution < -0.4 is 5.32 Å². The second kappa shape index (κ2) is 4.82. The summed E-state index contributed by atoms with van der Waals surface area (Å²) < 4.78 is 0. The standard InChI is InChI=1S/C18H18ClN/c19-16-6-4-14-10-18(11-15(14)8-16)20-17-7-5-12-2-1-3-13(12)9-17/h4-9,18,20H,1-3,10-11H2. The van der Waals surface area contributed by atoms with E-state index in [9.17, 15) is 0 Å². The molecule has 102 valence electrons. The highest BCUT2D eigenvalue weighted by atomic mass is 35.5. The van der Waals surface area contributed by atoms with E-state index in [2.05, 4.69) is 35.6 Å². The molecular weight excluding hydrogens is 266 g/mol. The number of rotatable bonds is 2. The quantitative estimate of drug-likeness (QED) is 0.861. The van der Waals surface area contributed by atoms with E-state index in [-0.39, 0.29) is 0 Å². The largest absolute Gasteiger partial charge is 0.382 e. The molecular formula is C18H18ClN. The Labute approximate surface area is 125 Å². The fourth-order valence-electron chi connectivity index (χ4n) is 3.59. The molecule has 0 bridgehead atoms. The van der Waals surface area contributed by atoms with E-state index >= 15 is 0 Å². The van der Waals surface area contributed by atoms with Gasteiger partial charge in [0.25, 0.3) is 0 Å². The highest BCUT2D eigenvalue weighted by molar-refractivity contribution is 6.30. The van der Waals surface area contributed by atoms with Crippen molar-refractivity contribution in [2.45, 2.75) is 38.1 Å². The number of hydrogen-bond acceptors (Lipinski definition) is 1. The topological polar surface area (TPSA) is 12.0 Å². The maximum atomic E-state index is 6.07. The highest BCUT2D eigenvalue weighted by Crippen LogP contribution is 2.29. The zero-order valence-electron chi connectivity index (χ0n) is 11.5. The van der Waals surface area contributed by atoms with Crippen LogP contribution in [0.4, 0.5) is 5.69 Å². The normalized spacial score (nSPS) is 19.8. The van der Waals surface area contributed by atoms with Gasteiger partial charge in [0.05, 0.1) is 0 Å². The summed E-state index contributed by atoms with van der Waals surface area (Å²) in [6.07, 6.45) is 5.98. The summed E-state index contributed by atoms with van der Waals surface area (Å²) in [6, 6.07) is 13.7. The van der Waals surface area contributed by atoms with E-state index in [1.54, 1.807) is 0 Å². The van der Waals surface area contributed by atoms with E-state index in [4.69, 9.17) is 11.6 Å². The van der Waals surface area contributed by atoms with Gasteiger partial charge in [0.2, 0.25) is 0 Å². The first-order chi connectivity index (χ1) is 9.78. The van der Waals surface area contributed by atoms with Crippen molar-refractivity contribution < 1.29 is 0 Å². The Morgan fingerprint density at radius 1 is 0.850 bits per heavy atom. The van der Waals surface area contributed by atoms with Crippen LogP contribution in [0, 0.1) is 0 Å². The average molecular weight is 284 g/mol. The number of benzene rings is 2. The van der Waals surface area contributed by atoms with Gasteiger partial charge < -0.3 is 5.32 Å². The van der Waals surface area contributed by atoms with Crippen LogP contribution in [0.3, 0.4) is 0 Å². The van der Waals surface area contributed by atoms with Gasteiger partial charge in [-0.15, -0.1) is 0 Å². The molecule has 1 atom stereocenters. The van der Waals surface area contributed by atoms with Crippen LogP contribution in [-0.2, 0) is 25.7 Å². The lowest BCUT2D eigenvalue weighted by Crippen LogP contribution is -2.19. The predicted molar refractivity (Wildman–Crippen MR) is 84.7 cm³/mol. The molecule has 2 aromatic rings. The number of halogens is 1. The van der Waals surface area contributed by atoms with E-state index in [0.717, 1.165) is 17.9 Å². The zero-order chi connectivity index (χ0) is 13.5. The van der Waals surface area contributed by atoms with Crippen molar-refractivity contribution in [1.82, 2.24) is 0 Å². The monoisotopic (exact) mass is 283 g/mol. The van der Waals surface area contributed by atoms with Gasteiger partial charge in [0, 0.05) is 16.8 Å². The molecule has 2 aliphatic carbocycles. The second-order valence-corrected chi connectivity index (χ2v) is 6.44. The van der Waals surface area contributed by atoms with E-state index in [1.165, 1.54) is 47.2 Å². The molecule has 1 nitrogen and oxygen atoms in total. The molecule has 0 spiro atoms. The van der Waals surface area contributed by atoms with Gasteiger partial charge in [0.1, 0.15) is 0 Å². The predicted octanol–water partition coefficient (Wildman–Crippen LogP) is 4.41. The van der Waals surface area contributed by atoms with Gasteiger partial charge in [0.15, 0.2) is 0 Å². The Bertz CT molecular complexity index is 662. The first-order valence-corrected chi connectivity index (χ1v) is 7.81. The minimum Gasteiger partial charge on any atom is -0.382 e. The van der Waals surface area contributed by atoms with Gasteiger partial charge in [-0.25, -0.2) is 0 Å². The number of nitrogens with one attached hydrogen (secondary N) is 1. The van der Waals surface area contributed by atoms with Crippen molar-refractivity contribution in [2.24, 2.45) is 0 Å². The minimum absolute atomic E-state index is 0.503. The molecule has 20 heavy (non-hydrogen) atoms. The third kappa shape index (κ3) is 2.20. The van der Waals surface area contributed by atoms with Crippen LogP contribution in [0.5, 0.6) is 0 Å². The van der Waals surface area contributed by atoms with Crippen LogP contribution in [0.2, 0.25) is 5.02 Å². The number of aryl methyl sites for hydroxylation is 2. The van der Waals surface area contributed by atoms with Gasteiger partial charge in [-0.1, -0.05) is 23.7 Å². The summed E-state index contributed by atoms with van der Waals surface area (Å²) in [5.41, 5.74) is 7.18. The lowest BCUT2D eigenvalue weighted by molar-refractivity contribution is 0.774. The van der Waals surface area contributed by atoms with Crippen molar-refractivity contribution in [3.63, 3.8) is 0 Å². The van der Waals surface area contributed by atoms with Crippen molar-refractivity contribution in [1.29, 1.82) is 0 Å². The lowest BCUT2D eigenvalue weighted by Gasteiger charge is -2.14. The van der Waals surface area contributed by atoms with Gasteiger partial charge in [-0.2, -0.15) is 0 Å². The van der Waals surface area contributed by atoms with E-state index < -0.39 is 0 Å². The average Bonchev–Trinajstić information content (AvgIpc) is 3.03. The molecule has 0 amide bonds.